The molecule has 0 radical (unpaired) electrons. The quantitative estimate of drug-likeness (QED) is 0.771. The molecular weight excluding hydrogens is 234 g/mol. The van der Waals surface area contributed by atoms with E-state index in [0.717, 1.165) is 25.3 Å². The molecule has 1 unspecified atom stereocenters. The summed E-state index contributed by atoms with van der Waals surface area (Å²) in [7, 11) is 0. The Morgan fingerprint density at radius 1 is 1.26 bits per heavy atom. The van der Waals surface area contributed by atoms with E-state index in [9.17, 15) is 0 Å². The lowest BCUT2D eigenvalue weighted by Gasteiger charge is -2.44. The molecule has 2 N–H and O–H groups in total. The highest BCUT2D eigenvalue weighted by atomic mass is 16.2. The maximum Gasteiger partial charge on any atom is 0.0431 e. The fourth-order valence-corrected chi connectivity index (χ4v) is 4.84. The van der Waals surface area contributed by atoms with Crippen LogP contribution in [0.4, 0.5) is 0 Å². The van der Waals surface area contributed by atoms with Gasteiger partial charge in [-0.2, -0.15) is 0 Å². The number of fused-ring (bicyclic) bond motifs is 2. The minimum absolute atomic E-state index is 0.289. The van der Waals surface area contributed by atoms with Crippen LogP contribution in [0.15, 0.2) is 0 Å². The van der Waals surface area contributed by atoms with Crippen molar-refractivity contribution >= 4 is 0 Å². The summed E-state index contributed by atoms with van der Waals surface area (Å²) in [6.07, 6.45) is 6.26. The first-order valence-electron chi connectivity index (χ1n) is 8.06. The molecule has 112 valence electrons. The van der Waals surface area contributed by atoms with Crippen molar-refractivity contribution in [2.75, 3.05) is 13.2 Å². The molecule has 2 heteroatoms. The van der Waals surface area contributed by atoms with Gasteiger partial charge in [-0.3, -0.25) is 0 Å². The van der Waals surface area contributed by atoms with E-state index in [1.54, 1.807) is 0 Å². The summed E-state index contributed by atoms with van der Waals surface area (Å²) in [6, 6.07) is 0.659. The van der Waals surface area contributed by atoms with Crippen molar-refractivity contribution in [3.63, 3.8) is 0 Å². The van der Waals surface area contributed by atoms with Gasteiger partial charge in [0, 0.05) is 19.2 Å². The second-order valence-electron chi connectivity index (χ2n) is 8.72. The van der Waals surface area contributed by atoms with Crippen LogP contribution in [0.1, 0.15) is 66.7 Å². The van der Waals surface area contributed by atoms with Crippen LogP contribution in [0.3, 0.4) is 0 Å². The summed E-state index contributed by atoms with van der Waals surface area (Å²) in [5, 5.41) is 12.9. The van der Waals surface area contributed by atoms with Crippen LogP contribution in [0.2, 0.25) is 0 Å². The van der Waals surface area contributed by atoms with Crippen LogP contribution in [0, 0.1) is 22.2 Å². The van der Waals surface area contributed by atoms with Gasteiger partial charge in [-0.1, -0.05) is 34.6 Å². The normalized spacial score (nSPS) is 36.9. The van der Waals surface area contributed by atoms with Gasteiger partial charge in [0.2, 0.25) is 0 Å². The van der Waals surface area contributed by atoms with Crippen molar-refractivity contribution in [1.29, 1.82) is 0 Å². The minimum Gasteiger partial charge on any atom is -0.396 e. The topological polar surface area (TPSA) is 32.3 Å². The molecule has 0 spiro atoms. The molecule has 2 bridgehead atoms. The summed E-state index contributed by atoms with van der Waals surface area (Å²) in [6.45, 7) is 13.4. The molecule has 0 aromatic rings. The maximum atomic E-state index is 9.00. The van der Waals surface area contributed by atoms with Crippen molar-refractivity contribution in [3.05, 3.63) is 0 Å². The molecule has 3 atom stereocenters. The van der Waals surface area contributed by atoms with Gasteiger partial charge in [-0.05, 0) is 54.3 Å². The van der Waals surface area contributed by atoms with Gasteiger partial charge >= 0.3 is 0 Å². The third kappa shape index (κ3) is 2.85. The number of rotatable bonds is 6. The Hall–Kier alpha value is -0.0800. The number of nitrogens with one attached hydrogen (secondary N) is 1. The zero-order valence-electron chi connectivity index (χ0n) is 13.6. The second-order valence-corrected chi connectivity index (χ2v) is 8.72. The molecule has 0 amide bonds. The average Bonchev–Trinajstić information content (AvgIpc) is 2.77. The molecule has 19 heavy (non-hydrogen) atoms. The number of hydrogen-bond donors (Lipinski definition) is 2. The summed E-state index contributed by atoms with van der Waals surface area (Å²) in [5.41, 5.74) is 1.25. The number of aliphatic hydroxyl groups is 1. The zero-order chi connectivity index (χ0) is 14.3. The Morgan fingerprint density at radius 3 is 2.47 bits per heavy atom. The van der Waals surface area contributed by atoms with E-state index in [1.807, 2.05) is 0 Å². The Morgan fingerprint density at radius 2 is 1.95 bits per heavy atom. The van der Waals surface area contributed by atoms with Gasteiger partial charge < -0.3 is 10.4 Å². The molecule has 0 saturated heterocycles. The lowest BCUT2D eigenvalue weighted by Crippen LogP contribution is -2.52. The SMILES string of the molecule is CC(C)(CCCO)CNC1C(C)(C)[C@H]2CC[C@]1(C)C2. The van der Waals surface area contributed by atoms with E-state index in [1.165, 1.54) is 19.3 Å². The molecule has 2 nitrogen and oxygen atoms in total. The third-order valence-electron chi connectivity index (χ3n) is 6.07. The molecule has 2 fully saturated rings. The van der Waals surface area contributed by atoms with E-state index in [0.29, 0.717) is 23.5 Å². The molecule has 0 aromatic carbocycles. The monoisotopic (exact) mass is 267 g/mol. The largest absolute Gasteiger partial charge is 0.396 e. The Bertz CT molecular complexity index is 318. The van der Waals surface area contributed by atoms with Gasteiger partial charge in [-0.15, -0.1) is 0 Å². The van der Waals surface area contributed by atoms with Crippen molar-refractivity contribution in [3.8, 4) is 0 Å². The minimum atomic E-state index is 0.289. The standard InChI is InChI=1S/C17H33NO/c1-15(2,8-6-10-19)12-18-14-16(3,4)13-7-9-17(14,5)11-13/h13-14,18-19H,6-12H2,1-5H3/t13-,14?,17+/m0/s1. The first-order chi connectivity index (χ1) is 8.71. The molecule has 2 aliphatic rings. The molecule has 0 aromatic heterocycles. The lowest BCUT2D eigenvalue weighted by molar-refractivity contribution is 0.0962. The van der Waals surface area contributed by atoms with Crippen molar-refractivity contribution in [1.82, 2.24) is 5.32 Å². The lowest BCUT2D eigenvalue weighted by atomic mass is 9.68. The van der Waals surface area contributed by atoms with Crippen LogP contribution in [-0.4, -0.2) is 24.3 Å². The summed E-state index contributed by atoms with van der Waals surface area (Å²) in [5.74, 6) is 0.913. The van der Waals surface area contributed by atoms with Crippen LogP contribution in [0.5, 0.6) is 0 Å². The Labute approximate surface area is 119 Å². The van der Waals surface area contributed by atoms with Crippen LogP contribution >= 0.6 is 0 Å². The van der Waals surface area contributed by atoms with Gasteiger partial charge in [0.05, 0.1) is 0 Å². The highest BCUT2D eigenvalue weighted by molar-refractivity contribution is 5.12. The summed E-state index contributed by atoms with van der Waals surface area (Å²) < 4.78 is 0. The third-order valence-corrected chi connectivity index (χ3v) is 6.07. The molecule has 2 rings (SSSR count). The Kier molecular flexibility index (Phi) is 4.06. The van der Waals surface area contributed by atoms with Gasteiger partial charge in [0.1, 0.15) is 0 Å². The van der Waals surface area contributed by atoms with Crippen molar-refractivity contribution in [2.45, 2.75) is 72.8 Å². The van der Waals surface area contributed by atoms with Gasteiger partial charge in [0.15, 0.2) is 0 Å². The maximum absolute atomic E-state index is 9.00. The Balaban J connectivity index is 1.95. The zero-order valence-corrected chi connectivity index (χ0v) is 13.6. The first kappa shape index (κ1) is 15.3. The second kappa shape index (κ2) is 5.04. The fourth-order valence-electron chi connectivity index (χ4n) is 4.84. The van der Waals surface area contributed by atoms with Gasteiger partial charge in [-0.25, -0.2) is 0 Å². The highest BCUT2D eigenvalue weighted by Crippen LogP contribution is 2.62. The molecular formula is C17H33NO. The van der Waals surface area contributed by atoms with E-state index in [-0.39, 0.29) is 5.41 Å². The van der Waals surface area contributed by atoms with E-state index >= 15 is 0 Å². The van der Waals surface area contributed by atoms with Gasteiger partial charge in [0.25, 0.3) is 0 Å². The summed E-state index contributed by atoms with van der Waals surface area (Å²) in [4.78, 5) is 0. The number of aliphatic hydroxyl groups excluding tert-OH is 1. The van der Waals surface area contributed by atoms with E-state index < -0.39 is 0 Å². The average molecular weight is 267 g/mol. The predicted octanol–water partition coefficient (Wildman–Crippen LogP) is 3.59. The van der Waals surface area contributed by atoms with Crippen LogP contribution in [0.25, 0.3) is 0 Å². The predicted molar refractivity (Wildman–Crippen MR) is 81.1 cm³/mol. The molecule has 0 heterocycles. The van der Waals surface area contributed by atoms with Crippen molar-refractivity contribution < 1.29 is 5.11 Å². The van der Waals surface area contributed by atoms with Crippen LogP contribution < -0.4 is 5.32 Å². The van der Waals surface area contributed by atoms with E-state index in [2.05, 4.69) is 39.9 Å². The molecule has 0 aliphatic heterocycles. The first-order valence-corrected chi connectivity index (χ1v) is 8.06. The smallest absolute Gasteiger partial charge is 0.0431 e. The number of hydrogen-bond acceptors (Lipinski definition) is 2. The van der Waals surface area contributed by atoms with Crippen molar-refractivity contribution in [2.24, 2.45) is 22.2 Å². The molecule has 2 saturated carbocycles. The van der Waals surface area contributed by atoms with E-state index in [4.69, 9.17) is 5.11 Å². The molecule has 2 aliphatic carbocycles. The van der Waals surface area contributed by atoms with Crippen LogP contribution in [-0.2, 0) is 0 Å². The highest BCUT2D eigenvalue weighted by Gasteiger charge is 2.59. The summed E-state index contributed by atoms with van der Waals surface area (Å²) >= 11 is 0. The fraction of sp³-hybridized carbons (Fsp3) is 1.00.